The predicted octanol–water partition coefficient (Wildman–Crippen LogP) is 2.15. The van der Waals surface area contributed by atoms with Crippen LogP contribution in [-0.2, 0) is 0 Å². The molecule has 1 saturated carbocycles. The first-order valence-electron chi connectivity index (χ1n) is 4.75. The van der Waals surface area contributed by atoms with E-state index in [-0.39, 0.29) is 0 Å². The van der Waals surface area contributed by atoms with Crippen molar-refractivity contribution < 1.29 is 0 Å². The molecule has 66 valence electrons. The molecule has 0 saturated heterocycles. The van der Waals surface area contributed by atoms with E-state index < -0.39 is 0 Å². The van der Waals surface area contributed by atoms with Crippen molar-refractivity contribution in [2.24, 2.45) is 27.7 Å². The summed E-state index contributed by atoms with van der Waals surface area (Å²) in [6, 6.07) is 0. The number of hydrogen-bond acceptors (Lipinski definition) is 2. The Morgan fingerprint density at radius 2 is 2.00 bits per heavy atom. The van der Waals surface area contributed by atoms with Gasteiger partial charge in [-0.15, -0.1) is 0 Å². The highest BCUT2D eigenvalue weighted by molar-refractivity contribution is 6.00. The zero-order valence-electron chi connectivity index (χ0n) is 8.04. The van der Waals surface area contributed by atoms with E-state index in [1.54, 1.807) is 0 Å². The molecule has 0 N–H and O–H groups in total. The molecule has 0 amide bonds. The minimum absolute atomic E-state index is 0.612. The molecule has 2 atom stereocenters. The Bertz CT molecular complexity index is 251. The van der Waals surface area contributed by atoms with Crippen LogP contribution in [0.2, 0.25) is 0 Å². The molecule has 1 heterocycles. The average Bonchev–Trinajstić information content (AvgIpc) is 2.73. The molecule has 0 aromatic heterocycles. The number of hydrogen-bond donors (Lipinski definition) is 0. The SMILES string of the molecule is CC1=NCN=C(C(C)C)C2CC12. The van der Waals surface area contributed by atoms with Gasteiger partial charge in [-0.3, -0.25) is 9.98 Å². The van der Waals surface area contributed by atoms with Crippen LogP contribution in [0, 0.1) is 17.8 Å². The van der Waals surface area contributed by atoms with Crippen LogP contribution in [0.15, 0.2) is 9.98 Å². The number of nitrogens with zero attached hydrogens (tertiary/aromatic N) is 2. The monoisotopic (exact) mass is 164 g/mol. The number of fused-ring (bicyclic) bond motifs is 1. The molecule has 0 aromatic carbocycles. The van der Waals surface area contributed by atoms with Crippen molar-refractivity contribution >= 4 is 11.4 Å². The van der Waals surface area contributed by atoms with E-state index >= 15 is 0 Å². The van der Waals surface area contributed by atoms with Gasteiger partial charge in [-0.25, -0.2) is 0 Å². The minimum Gasteiger partial charge on any atom is -0.271 e. The summed E-state index contributed by atoms with van der Waals surface area (Å²) in [6.07, 6.45) is 1.30. The third-order valence-electron chi connectivity index (χ3n) is 2.87. The maximum absolute atomic E-state index is 4.52. The summed E-state index contributed by atoms with van der Waals surface area (Å²) < 4.78 is 0. The zero-order chi connectivity index (χ0) is 8.72. The summed E-state index contributed by atoms with van der Waals surface area (Å²) in [6.45, 7) is 7.28. The second-order valence-corrected chi connectivity index (χ2v) is 4.13. The lowest BCUT2D eigenvalue weighted by atomic mass is 10.0. The van der Waals surface area contributed by atoms with Gasteiger partial charge in [0.05, 0.1) is 0 Å². The Labute approximate surface area is 73.8 Å². The lowest BCUT2D eigenvalue weighted by molar-refractivity contribution is 0.825. The van der Waals surface area contributed by atoms with Gasteiger partial charge in [-0.1, -0.05) is 13.8 Å². The van der Waals surface area contributed by atoms with Gasteiger partial charge in [-0.05, 0) is 19.3 Å². The molecule has 0 bridgehead atoms. The van der Waals surface area contributed by atoms with Crippen molar-refractivity contribution in [2.45, 2.75) is 27.2 Å². The standard InChI is InChI=1S/C10H16N2/c1-6(2)10-9-4-8(9)7(3)11-5-12-10/h6,8-9H,4-5H2,1-3H3. The molecule has 0 aromatic rings. The van der Waals surface area contributed by atoms with Crippen LogP contribution < -0.4 is 0 Å². The largest absolute Gasteiger partial charge is 0.271 e. The van der Waals surface area contributed by atoms with Gasteiger partial charge in [-0.2, -0.15) is 0 Å². The summed E-state index contributed by atoms with van der Waals surface area (Å²) in [5.41, 5.74) is 2.72. The summed E-state index contributed by atoms with van der Waals surface area (Å²) in [7, 11) is 0. The highest BCUT2D eigenvalue weighted by atomic mass is 15.0. The van der Waals surface area contributed by atoms with E-state index in [1.807, 2.05) is 0 Å². The summed E-state index contributed by atoms with van der Waals surface area (Å²) >= 11 is 0. The Kier molecular flexibility index (Phi) is 1.78. The van der Waals surface area contributed by atoms with Crippen LogP contribution in [-0.4, -0.2) is 18.1 Å². The maximum atomic E-state index is 4.52. The van der Waals surface area contributed by atoms with Gasteiger partial charge in [0.2, 0.25) is 0 Å². The summed E-state index contributed by atoms with van der Waals surface area (Å²) in [4.78, 5) is 8.93. The van der Waals surface area contributed by atoms with Gasteiger partial charge >= 0.3 is 0 Å². The fourth-order valence-electron chi connectivity index (χ4n) is 2.06. The van der Waals surface area contributed by atoms with Crippen LogP contribution in [0.4, 0.5) is 0 Å². The zero-order valence-corrected chi connectivity index (χ0v) is 8.04. The Morgan fingerprint density at radius 3 is 2.67 bits per heavy atom. The number of rotatable bonds is 1. The fraction of sp³-hybridized carbons (Fsp3) is 0.800. The molecule has 2 rings (SSSR count). The smallest absolute Gasteiger partial charge is 0.129 e. The Morgan fingerprint density at radius 1 is 1.25 bits per heavy atom. The second kappa shape index (κ2) is 2.68. The highest BCUT2D eigenvalue weighted by Crippen LogP contribution is 2.43. The van der Waals surface area contributed by atoms with E-state index in [0.717, 1.165) is 11.8 Å². The molecular formula is C10H16N2. The molecule has 2 unspecified atom stereocenters. The second-order valence-electron chi connectivity index (χ2n) is 4.13. The first kappa shape index (κ1) is 7.96. The minimum atomic E-state index is 0.612. The molecule has 2 aliphatic rings. The first-order valence-corrected chi connectivity index (χ1v) is 4.75. The molecule has 0 radical (unpaired) electrons. The topological polar surface area (TPSA) is 24.7 Å². The van der Waals surface area contributed by atoms with Crippen LogP contribution >= 0.6 is 0 Å². The molecule has 1 aliphatic carbocycles. The van der Waals surface area contributed by atoms with Crippen molar-refractivity contribution in [1.29, 1.82) is 0 Å². The van der Waals surface area contributed by atoms with Crippen molar-refractivity contribution in [1.82, 2.24) is 0 Å². The van der Waals surface area contributed by atoms with Crippen molar-refractivity contribution in [3.8, 4) is 0 Å². The molecule has 1 aliphatic heterocycles. The van der Waals surface area contributed by atoms with Gasteiger partial charge in [0, 0.05) is 23.3 Å². The predicted molar refractivity (Wildman–Crippen MR) is 51.8 cm³/mol. The average molecular weight is 164 g/mol. The molecular weight excluding hydrogens is 148 g/mol. The third kappa shape index (κ3) is 1.19. The maximum Gasteiger partial charge on any atom is 0.129 e. The van der Waals surface area contributed by atoms with Crippen LogP contribution in [0.25, 0.3) is 0 Å². The number of aliphatic imine (C=N–C) groups is 2. The van der Waals surface area contributed by atoms with Crippen molar-refractivity contribution in [2.75, 3.05) is 6.67 Å². The van der Waals surface area contributed by atoms with Crippen LogP contribution in [0.5, 0.6) is 0 Å². The lowest BCUT2D eigenvalue weighted by Gasteiger charge is -2.06. The normalized spacial score (nSPS) is 33.7. The molecule has 1 fully saturated rings. The third-order valence-corrected chi connectivity index (χ3v) is 2.87. The van der Waals surface area contributed by atoms with Gasteiger partial charge in [0.1, 0.15) is 6.67 Å². The lowest BCUT2D eigenvalue weighted by Crippen LogP contribution is -2.11. The molecule has 2 nitrogen and oxygen atoms in total. The summed E-state index contributed by atoms with van der Waals surface area (Å²) in [5.74, 6) is 2.10. The molecule has 2 heteroatoms. The van der Waals surface area contributed by atoms with E-state index in [0.29, 0.717) is 12.6 Å². The quantitative estimate of drug-likeness (QED) is 0.567. The highest BCUT2D eigenvalue weighted by Gasteiger charge is 2.44. The van der Waals surface area contributed by atoms with E-state index in [4.69, 9.17) is 0 Å². The van der Waals surface area contributed by atoms with E-state index in [1.165, 1.54) is 17.8 Å². The Hall–Kier alpha value is -0.660. The van der Waals surface area contributed by atoms with E-state index in [2.05, 4.69) is 30.8 Å². The molecule has 0 spiro atoms. The summed E-state index contributed by atoms with van der Waals surface area (Å²) in [5, 5.41) is 0. The van der Waals surface area contributed by atoms with Crippen LogP contribution in [0.1, 0.15) is 27.2 Å². The molecule has 12 heavy (non-hydrogen) atoms. The van der Waals surface area contributed by atoms with E-state index in [9.17, 15) is 0 Å². The fourth-order valence-corrected chi connectivity index (χ4v) is 2.06. The van der Waals surface area contributed by atoms with Gasteiger partial charge < -0.3 is 0 Å². The first-order chi connectivity index (χ1) is 5.70. The Balaban J connectivity index is 2.17. The van der Waals surface area contributed by atoms with Gasteiger partial charge in [0.15, 0.2) is 0 Å². The van der Waals surface area contributed by atoms with Crippen LogP contribution in [0.3, 0.4) is 0 Å². The van der Waals surface area contributed by atoms with Crippen molar-refractivity contribution in [3.05, 3.63) is 0 Å². The van der Waals surface area contributed by atoms with Crippen molar-refractivity contribution in [3.63, 3.8) is 0 Å². The van der Waals surface area contributed by atoms with Gasteiger partial charge in [0.25, 0.3) is 0 Å².